The van der Waals surface area contributed by atoms with Crippen LogP contribution in [0.5, 0.6) is 0 Å². The monoisotopic (exact) mass is 616 g/mol. The Bertz CT molecular complexity index is 1310. The number of hydrogen-bond donors (Lipinski definition) is 2. The molecule has 37 heavy (non-hydrogen) atoms. The molecule has 1 saturated carbocycles. The highest BCUT2D eigenvalue weighted by Crippen LogP contribution is 2.28. The summed E-state index contributed by atoms with van der Waals surface area (Å²) in [7, 11) is 0. The van der Waals surface area contributed by atoms with Crippen LogP contribution in [0.1, 0.15) is 53.6 Å². The van der Waals surface area contributed by atoms with E-state index in [2.05, 4.69) is 5.32 Å². The molecule has 1 fully saturated rings. The highest BCUT2D eigenvalue weighted by molar-refractivity contribution is 14.1. The molecule has 0 aromatic heterocycles. The molecule has 3 aromatic rings. The average molecular weight is 616 g/mol. The zero-order valence-corrected chi connectivity index (χ0v) is 22.3. The maximum atomic E-state index is 14.8. The van der Waals surface area contributed by atoms with Crippen LogP contribution in [0.25, 0.3) is 5.76 Å². The van der Waals surface area contributed by atoms with Crippen molar-refractivity contribution in [1.82, 2.24) is 10.2 Å². The van der Waals surface area contributed by atoms with Crippen LogP contribution >= 0.6 is 22.6 Å². The SMILES string of the molecule is O=C(NC1CCCCC1)/C(=C(\O)c1ccc(F)cc1F)N(Cc1ccccc1)C(=O)c1ccccc1I. The summed E-state index contributed by atoms with van der Waals surface area (Å²) in [4.78, 5) is 28.8. The molecule has 1 aliphatic rings. The standard InChI is InChI=1S/C29H27F2IN2O3/c30-20-15-16-22(24(31)17-20)27(35)26(28(36)33-21-11-5-2-6-12-21)34(18-19-9-3-1-4-10-19)29(37)23-13-7-8-14-25(23)32/h1,3-4,7-10,13-17,21,35H,2,5-6,11-12,18H2,(H,33,36)/b27-26+. The van der Waals surface area contributed by atoms with E-state index in [1.807, 2.05) is 28.7 Å². The van der Waals surface area contributed by atoms with Crippen molar-refractivity contribution in [3.63, 3.8) is 0 Å². The van der Waals surface area contributed by atoms with Gasteiger partial charge >= 0.3 is 0 Å². The van der Waals surface area contributed by atoms with Gasteiger partial charge in [-0.25, -0.2) is 8.78 Å². The number of aliphatic hydroxyl groups is 1. The van der Waals surface area contributed by atoms with Gasteiger partial charge in [0.25, 0.3) is 11.8 Å². The Kier molecular flexibility index (Phi) is 8.91. The first-order chi connectivity index (χ1) is 17.8. The molecular weight excluding hydrogens is 589 g/mol. The van der Waals surface area contributed by atoms with Gasteiger partial charge < -0.3 is 10.4 Å². The largest absolute Gasteiger partial charge is 0.505 e. The van der Waals surface area contributed by atoms with Crippen LogP contribution in [0, 0.1) is 15.2 Å². The van der Waals surface area contributed by atoms with Gasteiger partial charge in [0.1, 0.15) is 11.6 Å². The molecule has 2 amide bonds. The third kappa shape index (κ3) is 6.54. The minimum absolute atomic E-state index is 0.0507. The number of nitrogens with zero attached hydrogens (tertiary/aromatic N) is 1. The van der Waals surface area contributed by atoms with Crippen LogP contribution < -0.4 is 5.32 Å². The molecule has 1 aliphatic carbocycles. The van der Waals surface area contributed by atoms with E-state index < -0.39 is 29.2 Å². The molecule has 0 saturated heterocycles. The van der Waals surface area contributed by atoms with E-state index in [1.165, 1.54) is 4.90 Å². The molecule has 5 nitrogen and oxygen atoms in total. The van der Waals surface area contributed by atoms with Crippen molar-refractivity contribution in [3.8, 4) is 0 Å². The summed E-state index contributed by atoms with van der Waals surface area (Å²) in [5, 5.41) is 14.3. The zero-order chi connectivity index (χ0) is 26.4. The molecule has 4 rings (SSSR count). The fourth-order valence-corrected chi connectivity index (χ4v) is 5.08. The molecule has 8 heteroatoms. The molecule has 192 valence electrons. The first-order valence-corrected chi connectivity index (χ1v) is 13.2. The van der Waals surface area contributed by atoms with Crippen LogP contribution in [0.2, 0.25) is 0 Å². The van der Waals surface area contributed by atoms with Crippen LogP contribution in [-0.2, 0) is 11.3 Å². The predicted molar refractivity (Wildman–Crippen MR) is 146 cm³/mol. The normalized spacial score (nSPS) is 14.6. The van der Waals surface area contributed by atoms with Crippen molar-refractivity contribution in [2.75, 3.05) is 0 Å². The summed E-state index contributed by atoms with van der Waals surface area (Å²) in [6.45, 7) is -0.0507. The second kappa shape index (κ2) is 12.3. The molecule has 2 N–H and O–H groups in total. The highest BCUT2D eigenvalue weighted by Gasteiger charge is 2.32. The van der Waals surface area contributed by atoms with E-state index in [4.69, 9.17) is 0 Å². The molecule has 0 bridgehead atoms. The maximum absolute atomic E-state index is 14.8. The molecule has 0 spiro atoms. The fourth-order valence-electron chi connectivity index (χ4n) is 4.47. The van der Waals surface area contributed by atoms with Crippen LogP contribution in [-0.4, -0.2) is 27.9 Å². The lowest BCUT2D eigenvalue weighted by atomic mass is 9.95. The van der Waals surface area contributed by atoms with E-state index >= 15 is 0 Å². The summed E-state index contributed by atoms with van der Waals surface area (Å²) in [5.74, 6) is -3.82. The quantitative estimate of drug-likeness (QED) is 0.179. The van der Waals surface area contributed by atoms with E-state index in [-0.39, 0.29) is 23.8 Å². The number of aliphatic hydroxyl groups excluding tert-OH is 1. The number of rotatable bonds is 7. The maximum Gasteiger partial charge on any atom is 0.272 e. The van der Waals surface area contributed by atoms with E-state index in [1.54, 1.807) is 48.5 Å². The van der Waals surface area contributed by atoms with Crippen LogP contribution in [0.3, 0.4) is 0 Å². The molecule has 0 aliphatic heterocycles. The van der Waals surface area contributed by atoms with E-state index in [0.717, 1.165) is 44.2 Å². The Morgan fingerprint density at radius 3 is 2.27 bits per heavy atom. The van der Waals surface area contributed by atoms with Crippen LogP contribution in [0.15, 0.2) is 78.5 Å². The van der Waals surface area contributed by atoms with Gasteiger partial charge in [-0.05, 0) is 65.3 Å². The number of benzene rings is 3. The molecule has 0 atom stereocenters. The molecule has 0 heterocycles. The first-order valence-electron chi connectivity index (χ1n) is 12.1. The van der Waals surface area contributed by atoms with Crippen molar-refractivity contribution >= 4 is 40.2 Å². The third-order valence-corrected chi connectivity index (χ3v) is 7.31. The van der Waals surface area contributed by atoms with Gasteiger partial charge in [0.15, 0.2) is 11.5 Å². The Hall–Kier alpha value is -3.27. The first kappa shape index (κ1) is 26.8. The number of hydrogen-bond acceptors (Lipinski definition) is 3. The van der Waals surface area contributed by atoms with E-state index in [9.17, 15) is 23.5 Å². The second-order valence-corrected chi connectivity index (χ2v) is 10.1. The Labute approximate surface area is 228 Å². The molecule has 0 radical (unpaired) electrons. The number of halogens is 3. The lowest BCUT2D eigenvalue weighted by molar-refractivity contribution is -0.119. The van der Waals surface area contributed by atoms with Gasteiger partial charge in [-0.15, -0.1) is 0 Å². The summed E-state index contributed by atoms with van der Waals surface area (Å²) in [6, 6.07) is 18.5. The lowest BCUT2D eigenvalue weighted by Gasteiger charge is -2.29. The molecular formula is C29H27F2IN2O3. The number of carbonyl (C=O) groups is 2. The topological polar surface area (TPSA) is 69.6 Å². The number of amides is 2. The van der Waals surface area contributed by atoms with Crippen LogP contribution in [0.4, 0.5) is 8.78 Å². The second-order valence-electron chi connectivity index (χ2n) is 8.99. The van der Waals surface area contributed by atoms with Gasteiger partial charge in [0.05, 0.1) is 17.7 Å². The Morgan fingerprint density at radius 1 is 0.919 bits per heavy atom. The van der Waals surface area contributed by atoms with Crippen molar-refractivity contribution in [2.45, 2.75) is 44.7 Å². The summed E-state index contributed by atoms with van der Waals surface area (Å²) < 4.78 is 29.1. The Balaban J connectivity index is 1.86. The minimum atomic E-state index is -1.04. The molecule has 0 unspecified atom stereocenters. The zero-order valence-electron chi connectivity index (χ0n) is 20.1. The average Bonchev–Trinajstić information content (AvgIpc) is 2.89. The predicted octanol–water partition coefficient (Wildman–Crippen LogP) is 6.59. The van der Waals surface area contributed by atoms with Crippen molar-refractivity contribution in [1.29, 1.82) is 0 Å². The summed E-state index contributed by atoms with van der Waals surface area (Å²) in [5.41, 5.74) is 0.278. The smallest absolute Gasteiger partial charge is 0.272 e. The summed E-state index contributed by atoms with van der Waals surface area (Å²) >= 11 is 2.03. The van der Waals surface area contributed by atoms with Gasteiger partial charge in [0, 0.05) is 15.7 Å². The number of nitrogens with one attached hydrogen (secondary N) is 1. The lowest BCUT2D eigenvalue weighted by Crippen LogP contribution is -2.43. The fraction of sp³-hybridized carbons (Fsp3) is 0.241. The van der Waals surface area contributed by atoms with E-state index in [0.29, 0.717) is 20.8 Å². The number of carbonyl (C=O) groups excluding carboxylic acids is 2. The van der Waals surface area contributed by atoms with Crippen molar-refractivity contribution in [2.24, 2.45) is 0 Å². The van der Waals surface area contributed by atoms with Gasteiger partial charge in [-0.1, -0.05) is 61.7 Å². The van der Waals surface area contributed by atoms with Gasteiger partial charge in [-0.2, -0.15) is 0 Å². The third-order valence-electron chi connectivity index (χ3n) is 6.37. The Morgan fingerprint density at radius 2 is 1.59 bits per heavy atom. The van der Waals surface area contributed by atoms with Gasteiger partial charge in [0.2, 0.25) is 0 Å². The van der Waals surface area contributed by atoms with Crippen molar-refractivity contribution in [3.05, 3.63) is 110 Å². The summed E-state index contributed by atoms with van der Waals surface area (Å²) in [6.07, 6.45) is 4.53. The minimum Gasteiger partial charge on any atom is -0.505 e. The highest BCUT2D eigenvalue weighted by atomic mass is 127. The van der Waals surface area contributed by atoms with Gasteiger partial charge in [-0.3, -0.25) is 14.5 Å². The molecule has 3 aromatic carbocycles. The van der Waals surface area contributed by atoms with Crippen molar-refractivity contribution < 1.29 is 23.5 Å².